The van der Waals surface area contributed by atoms with Crippen molar-refractivity contribution < 1.29 is 23.5 Å². The molecule has 11 heteroatoms. The van der Waals surface area contributed by atoms with E-state index < -0.39 is 12.0 Å². The van der Waals surface area contributed by atoms with E-state index >= 15 is 0 Å². The molecule has 47 heavy (non-hydrogen) atoms. The van der Waals surface area contributed by atoms with Crippen LogP contribution in [0.4, 0.5) is 10.1 Å². The molecular weight excluding hydrogens is 619 g/mol. The highest BCUT2D eigenvalue weighted by Crippen LogP contribution is 2.32. The largest absolute Gasteiger partial charge is 0.494 e. The number of esters is 1. The maximum atomic E-state index is 14.2. The third-order valence-corrected chi connectivity index (χ3v) is 8.62. The van der Waals surface area contributed by atoms with E-state index in [4.69, 9.17) is 9.47 Å². The van der Waals surface area contributed by atoms with Gasteiger partial charge in [0.1, 0.15) is 18.1 Å². The summed E-state index contributed by atoms with van der Waals surface area (Å²) < 4.78 is 28.3. The number of rotatable bonds is 9. The number of fused-ring (bicyclic) bond motifs is 2. The normalized spacial score (nSPS) is 14.7. The molecule has 240 valence electrons. The molecule has 0 radical (unpaired) electrons. The summed E-state index contributed by atoms with van der Waals surface area (Å²) in [5.74, 6) is -0.522. The lowest BCUT2D eigenvalue weighted by molar-refractivity contribution is -0.143. The molecule has 2 aromatic heterocycles. The highest BCUT2D eigenvalue weighted by molar-refractivity contribution is 7.07. The molecule has 3 aromatic carbocycles. The molecule has 0 fully saturated rings. The summed E-state index contributed by atoms with van der Waals surface area (Å²) in [6, 6.07) is 19.8. The first kappa shape index (κ1) is 31.7. The molecule has 1 amide bonds. The first-order valence-electron chi connectivity index (χ1n) is 15.2. The van der Waals surface area contributed by atoms with Crippen LogP contribution in [0.1, 0.15) is 44.9 Å². The Bertz CT molecular complexity index is 2190. The van der Waals surface area contributed by atoms with Gasteiger partial charge < -0.3 is 19.4 Å². The Morgan fingerprint density at radius 1 is 1.06 bits per heavy atom. The van der Waals surface area contributed by atoms with Crippen LogP contribution >= 0.6 is 11.3 Å². The molecular formula is C36H33FN4O5S. The number of allylic oxidation sites excluding steroid dienone is 1. The topological polar surface area (TPSA) is 104 Å². The molecule has 9 nitrogen and oxygen atoms in total. The zero-order valence-corrected chi connectivity index (χ0v) is 27.1. The second-order valence-electron chi connectivity index (χ2n) is 11.3. The van der Waals surface area contributed by atoms with Crippen molar-refractivity contribution in [3.05, 3.63) is 127 Å². The van der Waals surface area contributed by atoms with Crippen molar-refractivity contribution in [1.29, 1.82) is 0 Å². The van der Waals surface area contributed by atoms with Crippen LogP contribution in [0.5, 0.6) is 5.75 Å². The number of hydrogen-bond donors (Lipinski definition) is 1. The molecule has 1 atom stereocenters. The van der Waals surface area contributed by atoms with Crippen molar-refractivity contribution >= 4 is 45.9 Å². The summed E-state index contributed by atoms with van der Waals surface area (Å²) >= 11 is 1.23. The minimum absolute atomic E-state index is 0.00520. The van der Waals surface area contributed by atoms with Crippen molar-refractivity contribution in [2.45, 2.75) is 46.4 Å². The predicted molar refractivity (Wildman–Crippen MR) is 180 cm³/mol. The summed E-state index contributed by atoms with van der Waals surface area (Å²) in [4.78, 5) is 45.7. The van der Waals surface area contributed by atoms with Crippen molar-refractivity contribution in [2.24, 2.45) is 4.99 Å². The van der Waals surface area contributed by atoms with E-state index in [1.807, 2.05) is 66.2 Å². The minimum Gasteiger partial charge on any atom is -0.494 e. The molecule has 0 saturated carbocycles. The molecule has 3 heterocycles. The number of nitrogens with zero attached hydrogens (tertiary/aromatic N) is 3. The first-order valence-corrected chi connectivity index (χ1v) is 16.0. The van der Waals surface area contributed by atoms with Gasteiger partial charge in [-0.3, -0.25) is 14.2 Å². The van der Waals surface area contributed by atoms with Crippen LogP contribution in [-0.2, 0) is 20.9 Å². The monoisotopic (exact) mass is 652 g/mol. The van der Waals surface area contributed by atoms with Gasteiger partial charge in [0.2, 0.25) is 5.91 Å². The Kier molecular flexibility index (Phi) is 8.91. The molecule has 1 aliphatic heterocycles. The summed E-state index contributed by atoms with van der Waals surface area (Å²) in [7, 11) is 0. The van der Waals surface area contributed by atoms with Gasteiger partial charge >= 0.3 is 5.97 Å². The number of hydrogen-bond acceptors (Lipinski definition) is 7. The SMILES string of the molecule is CCOc1ccc([C@@H]2C(C(=O)OC(C)C)=C(C)N=c3s/c(=C/c4cn(CC(=O)Nc5ccc(F)cc5)c5ccccc45)c(=O)n32)cc1. The summed E-state index contributed by atoms with van der Waals surface area (Å²) in [5.41, 5.74) is 3.23. The van der Waals surface area contributed by atoms with Crippen LogP contribution in [0, 0.1) is 5.82 Å². The fourth-order valence-corrected chi connectivity index (χ4v) is 6.68. The number of carbonyl (C=O) groups is 2. The molecule has 0 aliphatic carbocycles. The van der Waals surface area contributed by atoms with Crippen molar-refractivity contribution in [2.75, 3.05) is 11.9 Å². The van der Waals surface area contributed by atoms with Crippen molar-refractivity contribution in [3.8, 4) is 5.75 Å². The van der Waals surface area contributed by atoms with E-state index in [-0.39, 0.29) is 29.9 Å². The predicted octanol–water partition coefficient (Wildman–Crippen LogP) is 5.32. The quantitative estimate of drug-likeness (QED) is 0.217. The van der Waals surface area contributed by atoms with Crippen LogP contribution < -0.4 is 24.9 Å². The highest BCUT2D eigenvalue weighted by atomic mass is 32.1. The lowest BCUT2D eigenvalue weighted by Gasteiger charge is -2.25. The smallest absolute Gasteiger partial charge is 0.338 e. The van der Waals surface area contributed by atoms with Crippen molar-refractivity contribution in [3.63, 3.8) is 0 Å². The second-order valence-corrected chi connectivity index (χ2v) is 12.3. The maximum absolute atomic E-state index is 14.2. The Labute approximate surface area is 273 Å². The third-order valence-electron chi connectivity index (χ3n) is 7.64. The Balaban J connectivity index is 1.42. The van der Waals surface area contributed by atoms with Crippen LogP contribution in [0.3, 0.4) is 0 Å². The number of thiazole rings is 1. The van der Waals surface area contributed by atoms with Gasteiger partial charge in [-0.1, -0.05) is 41.7 Å². The molecule has 0 saturated heterocycles. The average molecular weight is 653 g/mol. The Morgan fingerprint density at radius 3 is 2.49 bits per heavy atom. The number of carbonyl (C=O) groups excluding carboxylic acids is 2. The van der Waals surface area contributed by atoms with Gasteiger partial charge in [0.05, 0.1) is 34.6 Å². The second kappa shape index (κ2) is 13.2. The number of anilines is 1. The minimum atomic E-state index is -0.758. The van der Waals surface area contributed by atoms with Gasteiger partial charge in [-0.05, 0) is 81.8 Å². The van der Waals surface area contributed by atoms with Crippen LogP contribution in [0.15, 0.2) is 100 Å². The summed E-state index contributed by atoms with van der Waals surface area (Å²) in [6.45, 7) is 7.72. The van der Waals surface area contributed by atoms with E-state index in [1.165, 1.54) is 35.6 Å². The molecule has 1 aliphatic rings. The van der Waals surface area contributed by atoms with Gasteiger partial charge in [-0.25, -0.2) is 14.2 Å². The van der Waals surface area contributed by atoms with Crippen LogP contribution in [0.25, 0.3) is 17.0 Å². The van der Waals surface area contributed by atoms with E-state index in [0.717, 1.165) is 22.0 Å². The van der Waals surface area contributed by atoms with Gasteiger partial charge in [-0.15, -0.1) is 0 Å². The molecule has 1 N–H and O–H groups in total. The number of halogens is 1. The lowest BCUT2D eigenvalue weighted by atomic mass is 9.96. The van der Waals surface area contributed by atoms with Gasteiger partial charge in [0, 0.05) is 28.4 Å². The molecule has 0 bridgehead atoms. The maximum Gasteiger partial charge on any atom is 0.338 e. The van der Waals surface area contributed by atoms with E-state index in [9.17, 15) is 18.8 Å². The fraction of sp³-hybridized carbons (Fsp3) is 0.222. The van der Waals surface area contributed by atoms with Gasteiger partial charge in [-0.2, -0.15) is 0 Å². The number of amides is 1. The zero-order chi connectivity index (χ0) is 33.2. The number of nitrogens with one attached hydrogen (secondary N) is 1. The number of para-hydroxylation sites is 1. The van der Waals surface area contributed by atoms with Gasteiger partial charge in [0.15, 0.2) is 4.80 Å². The van der Waals surface area contributed by atoms with E-state index in [0.29, 0.717) is 38.6 Å². The van der Waals surface area contributed by atoms with Crippen molar-refractivity contribution in [1.82, 2.24) is 9.13 Å². The standard InChI is InChI=1S/C36H33FN4O5S/c1-5-45-27-16-10-23(11-17-27)33-32(35(44)46-21(2)3)22(4)38-36-41(33)34(43)30(47-36)18-24-19-40(29-9-7-6-8-28(24)29)20-31(42)39-26-14-12-25(37)13-15-26/h6-19,21,33H,5,20H2,1-4H3,(H,39,42)/b30-18+/t33-/m1/s1. The number of benzene rings is 3. The molecule has 6 rings (SSSR count). The number of ether oxygens (including phenoxy) is 2. The molecule has 0 spiro atoms. The molecule has 0 unspecified atom stereocenters. The summed E-state index contributed by atoms with van der Waals surface area (Å²) in [5, 5.41) is 3.65. The average Bonchev–Trinajstić information content (AvgIpc) is 3.53. The van der Waals surface area contributed by atoms with E-state index in [2.05, 4.69) is 10.3 Å². The number of aromatic nitrogens is 2. The zero-order valence-electron chi connectivity index (χ0n) is 26.3. The van der Waals surface area contributed by atoms with Crippen LogP contribution in [0.2, 0.25) is 0 Å². The fourth-order valence-electron chi connectivity index (χ4n) is 5.64. The highest BCUT2D eigenvalue weighted by Gasteiger charge is 2.34. The third kappa shape index (κ3) is 6.52. The van der Waals surface area contributed by atoms with E-state index in [1.54, 1.807) is 31.4 Å². The first-order chi connectivity index (χ1) is 22.6. The van der Waals surface area contributed by atoms with Crippen LogP contribution in [-0.4, -0.2) is 33.7 Å². The molecule has 5 aromatic rings. The Hall–Kier alpha value is -5.29. The van der Waals surface area contributed by atoms with Gasteiger partial charge in [0.25, 0.3) is 5.56 Å². The summed E-state index contributed by atoms with van der Waals surface area (Å²) in [6.07, 6.45) is 3.26. The Morgan fingerprint density at radius 2 is 1.79 bits per heavy atom. The lowest BCUT2D eigenvalue weighted by Crippen LogP contribution is -2.40.